The largest absolute Gasteiger partial charge is 0.509 e. The number of benzene rings is 7. The van der Waals surface area contributed by atoms with Crippen LogP contribution in [0.2, 0.25) is 0 Å². The number of hydrogen-bond donors (Lipinski definition) is 2. The molecule has 0 aliphatic carbocycles. The van der Waals surface area contributed by atoms with Crippen molar-refractivity contribution in [1.82, 2.24) is 24.8 Å². The molecule has 9 aromatic rings. The molecule has 0 saturated heterocycles. The minimum Gasteiger partial charge on any atom is -0.509 e. The third kappa shape index (κ3) is 10.4. The first-order chi connectivity index (χ1) is 41.3. The number of aryl methyl sites for hydroxylation is 1. The average Bonchev–Trinajstić information content (AvgIpc) is 1.59. The van der Waals surface area contributed by atoms with Gasteiger partial charge in [-0.25, -0.2) is 4.98 Å². The predicted octanol–water partition coefficient (Wildman–Crippen LogP) is 16.1. The van der Waals surface area contributed by atoms with Crippen LogP contribution < -0.4 is 25.2 Å². The minimum absolute atomic E-state index is 0. The molecule has 8 nitrogen and oxygen atoms in total. The van der Waals surface area contributed by atoms with Crippen molar-refractivity contribution in [3.05, 3.63) is 260 Å². The second kappa shape index (κ2) is 22.4. The van der Waals surface area contributed by atoms with Crippen LogP contribution in [0.5, 0.6) is 11.5 Å². The Morgan fingerprint density at radius 1 is 0.625 bits per heavy atom. The molecule has 2 N–H and O–H groups in total. The zero-order chi connectivity index (χ0) is 60.2. The van der Waals surface area contributed by atoms with Gasteiger partial charge < -0.3 is 34.3 Å². The Morgan fingerprint density at radius 3 is 1.93 bits per heavy atom. The minimum atomic E-state index is -2.75. The first-order valence-corrected chi connectivity index (χ1v) is 26.4. The van der Waals surface area contributed by atoms with Crippen LogP contribution in [0, 0.1) is 18.8 Å². The molecule has 2 radical (unpaired) electrons. The quantitative estimate of drug-likeness (QED) is 0.117. The fraction of sp³-hybridized carbons (Fsp3) is 0.130. The molecule has 7 aromatic carbocycles. The molecule has 12 rings (SSSR count). The molecule has 396 valence electrons. The summed E-state index contributed by atoms with van der Waals surface area (Å²) in [6.07, 6.45) is 23.7. The number of rotatable bonds is 8. The smallest absolute Gasteiger partial charge is 0.213 e. The van der Waals surface area contributed by atoms with Crippen LogP contribution in [0.4, 0.5) is 22.7 Å². The molecule has 3 aliphatic heterocycles. The van der Waals surface area contributed by atoms with E-state index in [0.29, 0.717) is 27.9 Å². The van der Waals surface area contributed by atoms with Crippen LogP contribution in [0.1, 0.15) is 73.4 Å². The number of fused-ring (bicyclic) bond motifs is 5. The van der Waals surface area contributed by atoms with Crippen molar-refractivity contribution in [2.75, 3.05) is 9.80 Å². The van der Waals surface area contributed by atoms with Crippen molar-refractivity contribution in [3.8, 4) is 28.6 Å². The summed E-state index contributed by atoms with van der Waals surface area (Å²) in [4.78, 5) is 9.26. The SMILES string of the molecule is [2H]c1c([2H])c([2H])c2c(c1[2H])c1ccc(Oc3[c-]c(N4[CH-]N(c5c(/C6=C/C=C\N/C=C\C=C/[B]6)cccc5/C5=C/C=C\N/C=C\C=C/[B]5)c5ccccc54)cc(-c4c(C(C)(C)C)cccc4C(C)(C)C)c3)[c-]c1n2-c1nc2ccccc2n1C([2H])([2H])[2H].[Pt]. The van der Waals surface area contributed by atoms with Crippen molar-refractivity contribution in [2.45, 2.75) is 52.4 Å². The van der Waals surface area contributed by atoms with Gasteiger partial charge in [0.25, 0.3) is 0 Å². The van der Waals surface area contributed by atoms with Crippen LogP contribution >= 0.6 is 0 Å². The first kappa shape index (κ1) is 45.4. The number of imidazole rings is 1. The number of nitrogens with zero attached hydrogens (tertiary/aromatic N) is 5. The Kier molecular flexibility index (Phi) is 12.7. The maximum absolute atomic E-state index is 9.31. The number of anilines is 4. The van der Waals surface area contributed by atoms with Gasteiger partial charge in [-0.15, -0.1) is 65.6 Å². The van der Waals surface area contributed by atoms with Crippen molar-refractivity contribution >= 4 is 81.1 Å². The van der Waals surface area contributed by atoms with Gasteiger partial charge in [0.2, 0.25) is 5.95 Å². The van der Waals surface area contributed by atoms with E-state index < -0.39 is 19.1 Å². The van der Waals surface area contributed by atoms with Gasteiger partial charge in [0.05, 0.1) is 16.5 Å². The summed E-state index contributed by atoms with van der Waals surface area (Å²) in [5.74, 6) is 4.57. The zero-order valence-electron chi connectivity index (χ0n) is 52.2. The summed E-state index contributed by atoms with van der Waals surface area (Å²) in [6.45, 7) is 12.7. The van der Waals surface area contributed by atoms with E-state index in [2.05, 4.69) is 162 Å². The first-order valence-electron chi connectivity index (χ1n) is 29.9. The summed E-state index contributed by atoms with van der Waals surface area (Å²) >= 11 is 0. The van der Waals surface area contributed by atoms with Crippen molar-refractivity contribution in [3.63, 3.8) is 0 Å². The van der Waals surface area contributed by atoms with E-state index in [0.717, 1.165) is 66.0 Å². The van der Waals surface area contributed by atoms with E-state index in [1.54, 1.807) is 36.4 Å². The number of allylic oxidation sites excluding steroid dienone is 8. The molecule has 0 bridgehead atoms. The Morgan fingerprint density at radius 2 is 1.25 bits per heavy atom. The second-order valence-electron chi connectivity index (χ2n) is 21.5. The van der Waals surface area contributed by atoms with Gasteiger partial charge >= 0.3 is 0 Å². The number of ether oxygens (including phenoxy) is 1. The number of para-hydroxylation sites is 6. The Bertz CT molecular complexity index is 4360. The molecular weight excluding hydrogens is 1160 g/mol. The topological polar surface area (TPSA) is 62.5 Å². The molecule has 0 unspecified atom stereocenters. The number of aromatic nitrogens is 3. The Hall–Kier alpha value is -8.45. The molecule has 0 fully saturated rings. The van der Waals surface area contributed by atoms with E-state index >= 15 is 0 Å². The van der Waals surface area contributed by atoms with E-state index in [1.807, 2.05) is 91.4 Å². The summed E-state index contributed by atoms with van der Waals surface area (Å²) in [6, 6.07) is 41.3. The van der Waals surface area contributed by atoms with Crippen LogP contribution in [0.25, 0.3) is 60.9 Å². The van der Waals surface area contributed by atoms with Gasteiger partial charge in [-0.05, 0) is 98.6 Å². The molecule has 0 saturated carbocycles. The third-order valence-corrected chi connectivity index (χ3v) is 14.2. The van der Waals surface area contributed by atoms with Crippen LogP contribution in [0.15, 0.2) is 219 Å². The van der Waals surface area contributed by atoms with Gasteiger partial charge in [0.1, 0.15) is 0 Å². The maximum atomic E-state index is 9.31. The van der Waals surface area contributed by atoms with Crippen molar-refractivity contribution < 1.29 is 35.4 Å². The van der Waals surface area contributed by atoms with Crippen molar-refractivity contribution in [1.29, 1.82) is 0 Å². The molecule has 5 heterocycles. The van der Waals surface area contributed by atoms with Crippen molar-refractivity contribution in [2.24, 2.45) is 6.98 Å². The normalized spacial score (nSPS) is 19.6. The Labute approximate surface area is 496 Å². The van der Waals surface area contributed by atoms with Crippen LogP contribution in [-0.4, -0.2) is 28.7 Å². The Balaban J connectivity index is 0.00000784. The summed E-state index contributed by atoms with van der Waals surface area (Å²) in [7, 11) is 4.24. The number of nitrogens with one attached hydrogen (secondary N) is 2. The molecule has 2 aromatic heterocycles. The van der Waals surface area contributed by atoms with E-state index in [9.17, 15) is 2.74 Å². The molecular formula is C69H60B2N7OPt-3. The molecule has 3 aliphatic rings. The van der Waals surface area contributed by atoms with Gasteiger partial charge in [0.15, 0.2) is 14.6 Å². The van der Waals surface area contributed by atoms with E-state index in [4.69, 9.17) is 16.6 Å². The molecule has 0 spiro atoms. The van der Waals surface area contributed by atoms with Crippen LogP contribution in [0.3, 0.4) is 0 Å². The standard InChI is InChI=1S/C69H60B2N7O.Pt/c1-68(2,3)55-25-19-26-56(69(4,5)6)65(55)47-42-48(44-50(43-47)79-49-34-35-52-51-22-8-10-30-60(51)78(64(52)45-49)67-74-59-29-9-11-31-61(59)75(67)7)76-46-77(63-33-13-12-32-62(63)76)66-53(57-27-20-40-72-38-16-14-36-70-57)23-18-24-54(66)58-28-21-41-73-39-17-15-37-71-58;/h8-43,46,72-73H,1-7H3;/q-3;/b36-14-,37-15-,38-16-,39-17-,40-20-,41-21-,57-27-,58-28-;/i7D3,8D,10D,22D,30D;. The second-order valence-corrected chi connectivity index (χ2v) is 21.5. The summed E-state index contributed by atoms with van der Waals surface area (Å²) in [5.41, 5.74) is 12.0. The van der Waals surface area contributed by atoms with E-state index in [1.165, 1.54) is 4.57 Å². The van der Waals surface area contributed by atoms with Crippen LogP contribution in [-0.2, 0) is 38.9 Å². The monoisotopic (exact) mass is 1230 g/mol. The van der Waals surface area contributed by atoms with Gasteiger partial charge in [0, 0.05) is 91.0 Å². The summed E-state index contributed by atoms with van der Waals surface area (Å²) < 4.78 is 72.1. The predicted molar refractivity (Wildman–Crippen MR) is 332 cm³/mol. The number of hydrogen-bond acceptors (Lipinski definition) is 6. The molecule has 0 atom stereocenters. The fourth-order valence-electron chi connectivity index (χ4n) is 10.5. The molecule has 0 amide bonds. The molecule has 11 heteroatoms. The average molecular weight is 1230 g/mol. The van der Waals surface area contributed by atoms with Gasteiger partial charge in [-0.1, -0.05) is 161 Å². The van der Waals surface area contributed by atoms with E-state index in [-0.39, 0.29) is 72.1 Å². The van der Waals surface area contributed by atoms with Gasteiger partial charge in [-0.2, -0.15) is 6.07 Å². The third-order valence-electron chi connectivity index (χ3n) is 14.2. The fourth-order valence-corrected chi connectivity index (χ4v) is 10.5. The maximum Gasteiger partial charge on any atom is 0.213 e. The van der Waals surface area contributed by atoms with Gasteiger partial charge in [-0.3, -0.25) is 0 Å². The molecule has 80 heavy (non-hydrogen) atoms. The summed E-state index contributed by atoms with van der Waals surface area (Å²) in [5, 5.41) is 7.03. The zero-order valence-corrected chi connectivity index (χ0v) is 47.4.